The Kier molecular flexibility index (Phi) is 2.49. The molecule has 0 aromatic heterocycles. The van der Waals surface area contributed by atoms with Gasteiger partial charge in [0.1, 0.15) is 0 Å². The molecule has 1 saturated heterocycles. The molecule has 0 saturated carbocycles. The van der Waals surface area contributed by atoms with Crippen LogP contribution in [-0.2, 0) is 19.7 Å². The van der Waals surface area contributed by atoms with Crippen LogP contribution in [0.15, 0.2) is 0 Å². The van der Waals surface area contributed by atoms with E-state index in [0.717, 1.165) is 0 Å². The molecule has 0 N–H and O–H groups in total. The Morgan fingerprint density at radius 1 is 1.42 bits per heavy atom. The SMILES string of the molecule is CCS(=O)(=O)C1CCS(=O)(=O)C1. The summed E-state index contributed by atoms with van der Waals surface area (Å²) in [5, 5.41) is -0.646. The first kappa shape index (κ1) is 9.98. The van der Waals surface area contributed by atoms with Crippen molar-refractivity contribution in [3.8, 4) is 0 Å². The molecule has 1 aliphatic rings. The molecule has 1 unspecified atom stereocenters. The van der Waals surface area contributed by atoms with Crippen molar-refractivity contribution < 1.29 is 16.8 Å². The van der Waals surface area contributed by atoms with Crippen LogP contribution in [0, 0.1) is 0 Å². The van der Waals surface area contributed by atoms with E-state index in [2.05, 4.69) is 0 Å². The highest BCUT2D eigenvalue weighted by molar-refractivity contribution is 7.96. The standard InChI is InChI=1S/C6H12O4S2/c1-2-12(9,10)6-3-4-11(7,8)5-6/h6H,2-5H2,1H3. The summed E-state index contributed by atoms with van der Waals surface area (Å²) in [4.78, 5) is 0. The minimum absolute atomic E-state index is 0.0247. The summed E-state index contributed by atoms with van der Waals surface area (Å²) in [6, 6.07) is 0. The molecule has 72 valence electrons. The summed E-state index contributed by atoms with van der Waals surface area (Å²) < 4.78 is 44.3. The number of sulfone groups is 2. The van der Waals surface area contributed by atoms with Gasteiger partial charge in [-0.25, -0.2) is 16.8 Å². The summed E-state index contributed by atoms with van der Waals surface area (Å²) in [7, 11) is -6.22. The second-order valence-electron chi connectivity index (χ2n) is 2.98. The predicted octanol–water partition coefficient (Wildman–Crippen LogP) is -0.392. The van der Waals surface area contributed by atoms with E-state index in [1.165, 1.54) is 0 Å². The Hall–Kier alpha value is -0.100. The first-order valence-corrected chi connectivity index (χ1v) is 7.33. The molecule has 1 aliphatic heterocycles. The van der Waals surface area contributed by atoms with Crippen LogP contribution in [0.5, 0.6) is 0 Å². The molecule has 1 atom stereocenters. The highest BCUT2D eigenvalue weighted by atomic mass is 32.2. The zero-order valence-electron chi connectivity index (χ0n) is 6.86. The molecule has 4 nitrogen and oxygen atoms in total. The maximum atomic E-state index is 11.2. The van der Waals surface area contributed by atoms with Crippen LogP contribution in [0.25, 0.3) is 0 Å². The normalized spacial score (nSPS) is 28.9. The fraction of sp³-hybridized carbons (Fsp3) is 1.00. The van der Waals surface area contributed by atoms with Crippen molar-refractivity contribution in [1.29, 1.82) is 0 Å². The molecule has 1 heterocycles. The van der Waals surface area contributed by atoms with Gasteiger partial charge in [-0.2, -0.15) is 0 Å². The minimum Gasteiger partial charge on any atom is -0.229 e. The lowest BCUT2D eigenvalue weighted by Gasteiger charge is -2.05. The van der Waals surface area contributed by atoms with Crippen molar-refractivity contribution >= 4 is 19.7 Å². The van der Waals surface area contributed by atoms with E-state index in [0.29, 0.717) is 0 Å². The molecule has 1 rings (SSSR count). The van der Waals surface area contributed by atoms with E-state index in [4.69, 9.17) is 0 Å². The molecule has 1 fully saturated rings. The Morgan fingerprint density at radius 3 is 2.33 bits per heavy atom. The molecule has 0 radical (unpaired) electrons. The lowest BCUT2D eigenvalue weighted by atomic mass is 10.4. The van der Waals surface area contributed by atoms with Crippen molar-refractivity contribution in [2.45, 2.75) is 18.6 Å². The van der Waals surface area contributed by atoms with Crippen molar-refractivity contribution in [1.82, 2.24) is 0 Å². The van der Waals surface area contributed by atoms with Crippen LogP contribution in [0.1, 0.15) is 13.3 Å². The first-order valence-electron chi connectivity index (χ1n) is 3.79. The van der Waals surface area contributed by atoms with E-state index in [1.807, 2.05) is 0 Å². The number of hydrogen-bond donors (Lipinski definition) is 0. The maximum Gasteiger partial charge on any atom is 0.153 e. The highest BCUT2D eigenvalue weighted by Crippen LogP contribution is 2.19. The van der Waals surface area contributed by atoms with Gasteiger partial charge in [-0.3, -0.25) is 0 Å². The molecule has 0 aromatic carbocycles. The van der Waals surface area contributed by atoms with Gasteiger partial charge in [0.25, 0.3) is 0 Å². The summed E-state index contributed by atoms with van der Waals surface area (Å²) >= 11 is 0. The van der Waals surface area contributed by atoms with E-state index in [1.54, 1.807) is 6.92 Å². The largest absolute Gasteiger partial charge is 0.229 e. The molecule has 12 heavy (non-hydrogen) atoms. The summed E-state index contributed by atoms with van der Waals surface area (Å²) in [5.41, 5.74) is 0. The van der Waals surface area contributed by atoms with Crippen LogP contribution >= 0.6 is 0 Å². The molecule has 0 aromatic rings. The molecular weight excluding hydrogens is 200 g/mol. The van der Waals surface area contributed by atoms with Crippen molar-refractivity contribution in [3.05, 3.63) is 0 Å². The summed E-state index contributed by atoms with van der Waals surface area (Å²) in [6.07, 6.45) is 0.276. The Balaban J connectivity index is 2.85. The van der Waals surface area contributed by atoms with Crippen molar-refractivity contribution in [2.75, 3.05) is 17.3 Å². The summed E-state index contributed by atoms with van der Waals surface area (Å²) in [5.74, 6) is -0.118. The third kappa shape index (κ3) is 1.98. The van der Waals surface area contributed by atoms with Gasteiger partial charge >= 0.3 is 0 Å². The van der Waals surface area contributed by atoms with Gasteiger partial charge in [0, 0.05) is 5.75 Å². The third-order valence-electron chi connectivity index (χ3n) is 2.10. The third-order valence-corrected chi connectivity index (χ3v) is 6.30. The van der Waals surface area contributed by atoms with Crippen LogP contribution in [-0.4, -0.2) is 39.3 Å². The number of hydrogen-bond acceptors (Lipinski definition) is 4. The lowest BCUT2D eigenvalue weighted by Crippen LogP contribution is -2.23. The van der Waals surface area contributed by atoms with Crippen LogP contribution in [0.2, 0.25) is 0 Å². The molecule has 0 amide bonds. The fourth-order valence-electron chi connectivity index (χ4n) is 1.28. The molecular formula is C6H12O4S2. The van der Waals surface area contributed by atoms with Crippen molar-refractivity contribution in [2.24, 2.45) is 0 Å². The predicted molar refractivity (Wildman–Crippen MR) is 46.5 cm³/mol. The van der Waals surface area contributed by atoms with E-state index in [-0.39, 0.29) is 23.7 Å². The van der Waals surface area contributed by atoms with Gasteiger partial charge in [-0.1, -0.05) is 6.92 Å². The average molecular weight is 212 g/mol. The van der Waals surface area contributed by atoms with E-state index in [9.17, 15) is 16.8 Å². The second kappa shape index (κ2) is 2.99. The fourth-order valence-corrected chi connectivity index (χ4v) is 5.37. The van der Waals surface area contributed by atoms with Crippen LogP contribution in [0.4, 0.5) is 0 Å². The van der Waals surface area contributed by atoms with Gasteiger partial charge in [0.05, 0.1) is 16.8 Å². The Labute approximate surface area is 72.8 Å². The zero-order valence-corrected chi connectivity index (χ0v) is 8.49. The van der Waals surface area contributed by atoms with Gasteiger partial charge in [0.2, 0.25) is 0 Å². The Bertz CT molecular complexity index is 351. The van der Waals surface area contributed by atoms with Crippen molar-refractivity contribution in [3.63, 3.8) is 0 Å². The molecule has 0 aliphatic carbocycles. The molecule has 0 spiro atoms. The first-order chi connectivity index (χ1) is 5.37. The average Bonchev–Trinajstić information content (AvgIpc) is 2.31. The minimum atomic E-state index is -3.15. The van der Waals surface area contributed by atoms with Gasteiger partial charge in [0.15, 0.2) is 19.7 Å². The monoisotopic (exact) mass is 212 g/mol. The van der Waals surface area contributed by atoms with E-state index >= 15 is 0 Å². The Morgan fingerprint density at radius 2 is 2.00 bits per heavy atom. The van der Waals surface area contributed by atoms with Gasteiger partial charge in [-0.05, 0) is 6.42 Å². The second-order valence-corrected chi connectivity index (χ2v) is 7.78. The molecule has 6 heteroatoms. The van der Waals surface area contributed by atoms with Crippen LogP contribution in [0.3, 0.4) is 0 Å². The quantitative estimate of drug-likeness (QED) is 0.625. The highest BCUT2D eigenvalue weighted by Gasteiger charge is 2.35. The van der Waals surface area contributed by atoms with Gasteiger partial charge < -0.3 is 0 Å². The smallest absolute Gasteiger partial charge is 0.153 e. The van der Waals surface area contributed by atoms with E-state index < -0.39 is 24.9 Å². The summed E-state index contributed by atoms with van der Waals surface area (Å²) in [6.45, 7) is 1.54. The van der Waals surface area contributed by atoms with Gasteiger partial charge in [-0.15, -0.1) is 0 Å². The number of rotatable bonds is 2. The maximum absolute atomic E-state index is 11.2. The molecule has 0 bridgehead atoms. The van der Waals surface area contributed by atoms with Crippen LogP contribution < -0.4 is 0 Å². The zero-order chi connectivity index (χ0) is 9.41. The topological polar surface area (TPSA) is 68.3 Å². The lowest BCUT2D eigenvalue weighted by molar-refractivity contribution is 0.583.